The number of ether oxygens (including phenoxy) is 1. The fraction of sp³-hybridized carbons (Fsp3) is 0.842. The van der Waals surface area contributed by atoms with Crippen molar-refractivity contribution >= 4 is 49.4 Å². The number of aliphatic hydroxyl groups excluding tert-OH is 1. The summed E-state index contributed by atoms with van der Waals surface area (Å²) in [4.78, 5) is 0. The highest BCUT2D eigenvalue weighted by atomic mass is 31.2. The maximum atomic E-state index is 10.7. The van der Waals surface area contributed by atoms with Crippen molar-refractivity contribution in [3.63, 3.8) is 0 Å². The molecule has 0 saturated heterocycles. The maximum Gasteiger partial charge on any atom is 0.302 e. The highest BCUT2D eigenvalue weighted by Gasteiger charge is 2.76. The Bertz CT molecular complexity index is 619. The fourth-order valence-electron chi connectivity index (χ4n) is 4.15. The van der Waals surface area contributed by atoms with Gasteiger partial charge in [0.05, 0.1) is 39.9 Å². The lowest BCUT2D eigenvalue weighted by atomic mass is 9.73. The second-order valence-electron chi connectivity index (χ2n) is 8.49. The van der Waals surface area contributed by atoms with E-state index in [0.717, 1.165) is 18.5 Å². The Balaban J connectivity index is 2.22. The Kier molecular flexibility index (Phi) is 6.74. The van der Waals surface area contributed by atoms with Crippen LogP contribution in [0.1, 0.15) is 41.0 Å². The van der Waals surface area contributed by atoms with Crippen LogP contribution >= 0.6 is 22.6 Å². The lowest BCUT2D eigenvalue weighted by Gasteiger charge is -2.34. The van der Waals surface area contributed by atoms with Gasteiger partial charge in [-0.15, -0.1) is 0 Å². The lowest BCUT2D eigenvalue weighted by molar-refractivity contribution is -0.145. The second-order valence-corrected chi connectivity index (χ2v) is 16.3. The number of hydrogen-bond acceptors (Lipinski definition) is 3. The van der Waals surface area contributed by atoms with E-state index in [1.54, 1.807) is 6.92 Å². The summed E-state index contributed by atoms with van der Waals surface area (Å²) in [7, 11) is 4.83. The topological polar surface area (TPSA) is 49.7 Å². The predicted octanol–water partition coefficient (Wildman–Crippen LogP) is 3.69. The molecule has 2 aliphatic carbocycles. The third-order valence-corrected chi connectivity index (χ3v) is 14.7. The van der Waals surface area contributed by atoms with E-state index < -0.39 is 36.0 Å². The van der Waals surface area contributed by atoms with E-state index in [9.17, 15) is 10.2 Å². The van der Waals surface area contributed by atoms with E-state index in [1.807, 2.05) is 0 Å². The van der Waals surface area contributed by atoms with E-state index in [-0.39, 0.29) is 21.0 Å². The molecule has 0 amide bonds. The van der Waals surface area contributed by atoms with Gasteiger partial charge in [-0.2, -0.15) is 0 Å². The SMILES string of the molecule is [B][C@@H]1[C@H]2C[C@@]2(OC(C)(C)[P+](=C)C(C[P+](=C)CC)[P+](=C)CC)[C@@H](O)[C@@]1(C)O. The van der Waals surface area contributed by atoms with Crippen molar-refractivity contribution in [2.75, 3.05) is 18.5 Å². The largest absolute Gasteiger partial charge is 0.388 e. The molecule has 2 N–H and O–H groups in total. The first-order chi connectivity index (χ1) is 11.8. The average molecular weight is 415 g/mol. The maximum absolute atomic E-state index is 10.7. The number of fused-ring (bicyclic) bond motifs is 1. The van der Waals surface area contributed by atoms with E-state index in [4.69, 9.17) is 12.6 Å². The van der Waals surface area contributed by atoms with Gasteiger partial charge in [0.1, 0.15) is 31.6 Å². The minimum atomic E-state index is -1.30. The van der Waals surface area contributed by atoms with Crippen molar-refractivity contribution in [1.82, 2.24) is 0 Å². The van der Waals surface area contributed by atoms with Crippen LogP contribution in [0.15, 0.2) is 0 Å². The smallest absolute Gasteiger partial charge is 0.302 e. The van der Waals surface area contributed by atoms with Crippen LogP contribution in [0.4, 0.5) is 0 Å². The molecular formula is C19H35BO3P3+3. The molecule has 4 unspecified atom stereocenters. The minimum absolute atomic E-state index is 0.0154. The van der Waals surface area contributed by atoms with Gasteiger partial charge in [-0.3, -0.25) is 0 Å². The molecule has 2 rings (SSSR count). The van der Waals surface area contributed by atoms with E-state index in [2.05, 4.69) is 46.6 Å². The standard InChI is InChI=1S/C19H35BO3P3/c1-9-24(6)12-14(25(7)10-2)26(8)17(3,4)23-19-11-13(19)15(20)18(5,22)16(19)21/h13-16,21-22H,6-12H2,1-5H3/q+3/t13-,14?,15-,16+,18+,19+/m1/s1. The zero-order valence-electron chi connectivity index (χ0n) is 17.0. The fourth-order valence-corrected chi connectivity index (χ4v) is 12.3. The molecule has 2 radical (unpaired) electrons. The predicted molar refractivity (Wildman–Crippen MR) is 124 cm³/mol. The quantitative estimate of drug-likeness (QED) is 0.446. The van der Waals surface area contributed by atoms with Gasteiger partial charge in [-0.05, 0) is 38.9 Å². The van der Waals surface area contributed by atoms with Crippen molar-refractivity contribution in [2.45, 2.75) is 74.9 Å². The van der Waals surface area contributed by atoms with Crippen LogP contribution in [0.25, 0.3) is 0 Å². The van der Waals surface area contributed by atoms with Gasteiger partial charge in [-0.1, -0.05) is 0 Å². The number of hydrogen-bond donors (Lipinski definition) is 2. The van der Waals surface area contributed by atoms with Crippen molar-refractivity contribution in [1.29, 1.82) is 0 Å². The monoisotopic (exact) mass is 415 g/mol. The third-order valence-electron chi connectivity index (χ3n) is 6.32. The Hall–Kier alpha value is 0.455. The third kappa shape index (κ3) is 3.81. The van der Waals surface area contributed by atoms with Crippen molar-refractivity contribution in [3.8, 4) is 0 Å². The molecule has 0 aromatic carbocycles. The van der Waals surface area contributed by atoms with Crippen LogP contribution in [-0.4, -0.2) is 83.5 Å². The van der Waals surface area contributed by atoms with Crippen LogP contribution < -0.4 is 0 Å². The first-order valence-corrected chi connectivity index (χ1v) is 14.7. The average Bonchev–Trinajstić information content (AvgIpc) is 3.27. The van der Waals surface area contributed by atoms with Crippen molar-refractivity contribution in [3.05, 3.63) is 0 Å². The van der Waals surface area contributed by atoms with Crippen LogP contribution in [0.5, 0.6) is 0 Å². The molecule has 0 aromatic heterocycles. The van der Waals surface area contributed by atoms with Gasteiger partial charge in [0.25, 0.3) is 0 Å². The normalized spacial score (nSPS) is 39.2. The summed E-state index contributed by atoms with van der Waals surface area (Å²) in [6, 6.07) is 0. The summed E-state index contributed by atoms with van der Waals surface area (Å²) in [5, 5.41) is 21.3. The molecule has 0 aliphatic heterocycles. The zero-order chi connectivity index (χ0) is 20.1. The summed E-state index contributed by atoms with van der Waals surface area (Å²) >= 11 is 0. The number of aliphatic hydroxyl groups is 2. The van der Waals surface area contributed by atoms with Gasteiger partial charge in [0.2, 0.25) is 5.34 Å². The van der Waals surface area contributed by atoms with Crippen molar-refractivity contribution in [2.24, 2.45) is 5.92 Å². The molecular weight excluding hydrogens is 380 g/mol. The summed E-state index contributed by atoms with van der Waals surface area (Å²) in [5.74, 6) is -0.435. The molecule has 7 heteroatoms. The Labute approximate surface area is 163 Å². The molecule has 0 heterocycles. The van der Waals surface area contributed by atoms with E-state index in [0.29, 0.717) is 11.8 Å². The number of rotatable bonds is 9. The van der Waals surface area contributed by atoms with E-state index >= 15 is 0 Å². The highest BCUT2D eigenvalue weighted by Crippen LogP contribution is 2.69. The Morgan fingerprint density at radius 1 is 1.27 bits per heavy atom. The van der Waals surface area contributed by atoms with Crippen LogP contribution in [0.2, 0.25) is 5.82 Å². The Morgan fingerprint density at radius 2 is 1.85 bits per heavy atom. The molecule has 2 saturated carbocycles. The molecule has 3 nitrogen and oxygen atoms in total. The molecule has 144 valence electrons. The van der Waals surface area contributed by atoms with E-state index in [1.165, 1.54) is 0 Å². The Morgan fingerprint density at radius 3 is 2.27 bits per heavy atom. The van der Waals surface area contributed by atoms with Crippen molar-refractivity contribution < 1.29 is 14.9 Å². The molecule has 2 fully saturated rings. The molecule has 0 spiro atoms. The molecule has 0 aromatic rings. The second kappa shape index (κ2) is 7.70. The molecule has 0 bridgehead atoms. The molecule has 26 heavy (non-hydrogen) atoms. The minimum Gasteiger partial charge on any atom is -0.388 e. The lowest BCUT2D eigenvalue weighted by Crippen LogP contribution is -2.48. The van der Waals surface area contributed by atoms with Gasteiger partial charge >= 0.3 is 5.40 Å². The van der Waals surface area contributed by atoms with Gasteiger partial charge in [0, 0.05) is 13.8 Å². The molecule has 2 aliphatic rings. The van der Waals surface area contributed by atoms with Gasteiger partial charge in [0.15, 0.2) is 13.7 Å². The van der Waals surface area contributed by atoms with Crippen LogP contribution in [-0.2, 0) is 4.74 Å². The van der Waals surface area contributed by atoms with Crippen LogP contribution in [0.3, 0.4) is 0 Å². The van der Waals surface area contributed by atoms with Crippen LogP contribution in [0, 0.1) is 5.92 Å². The molecule has 9 atom stereocenters. The van der Waals surface area contributed by atoms with Gasteiger partial charge in [-0.25, -0.2) is 0 Å². The zero-order valence-corrected chi connectivity index (χ0v) is 19.7. The summed E-state index contributed by atoms with van der Waals surface area (Å²) in [5.41, 5.74) is -2.01. The summed E-state index contributed by atoms with van der Waals surface area (Å²) in [6.45, 7) is 10.2. The summed E-state index contributed by atoms with van der Waals surface area (Å²) in [6.07, 6.45) is 16.4. The summed E-state index contributed by atoms with van der Waals surface area (Å²) < 4.78 is 6.58. The first kappa shape index (κ1) is 22.7. The van der Waals surface area contributed by atoms with Gasteiger partial charge < -0.3 is 14.9 Å². The highest BCUT2D eigenvalue weighted by molar-refractivity contribution is 7.75. The first-order valence-electron chi connectivity index (χ1n) is 9.43.